The van der Waals surface area contributed by atoms with Gasteiger partial charge in [-0.3, -0.25) is 9.59 Å². The Morgan fingerprint density at radius 2 is 1.91 bits per heavy atom. The van der Waals surface area contributed by atoms with E-state index < -0.39 is 6.04 Å². The Labute approximate surface area is 216 Å². The number of rotatable bonds is 8. The summed E-state index contributed by atoms with van der Waals surface area (Å²) in [6.07, 6.45) is 16.0. The molecule has 1 unspecified atom stereocenters. The van der Waals surface area contributed by atoms with Gasteiger partial charge >= 0.3 is 0 Å². The lowest BCUT2D eigenvalue weighted by Crippen LogP contribution is -2.52. The standard InChI is InChI=1S/C29H31IN2O2/c1-4-6-16-26(30)21(3)29(34)32(19-5-2)27(23-13-8-7-9-14-23)28(33)31-25-18-17-22-12-10-11-15-24(22)20-25/h2,4,6,10-12,15-18,20,23,27H,1,7-9,13-14,19H2,3H3,(H,31,33)/b16-6-,26-21-. The summed E-state index contributed by atoms with van der Waals surface area (Å²) in [5.41, 5.74) is 1.28. The van der Waals surface area contributed by atoms with Crippen LogP contribution in [0, 0.1) is 18.3 Å². The number of carbonyl (C=O) groups excluding carboxylic acids is 2. The number of terminal acetylenes is 1. The molecule has 3 rings (SSSR count). The summed E-state index contributed by atoms with van der Waals surface area (Å²) in [6.45, 7) is 5.54. The third kappa shape index (κ3) is 6.38. The van der Waals surface area contributed by atoms with Crippen LogP contribution in [0.2, 0.25) is 0 Å². The Hall–Kier alpha value is -2.85. The molecule has 1 atom stereocenters. The van der Waals surface area contributed by atoms with Gasteiger partial charge in [0.15, 0.2) is 0 Å². The Balaban J connectivity index is 1.95. The Bertz CT molecular complexity index is 1150. The maximum absolute atomic E-state index is 13.7. The summed E-state index contributed by atoms with van der Waals surface area (Å²) < 4.78 is 0.793. The first-order valence-corrected chi connectivity index (χ1v) is 12.7. The first kappa shape index (κ1) is 25.8. The number of nitrogens with zero attached hydrogens (tertiary/aromatic N) is 1. The van der Waals surface area contributed by atoms with E-state index >= 15 is 0 Å². The minimum absolute atomic E-state index is 0.0701. The number of halogens is 1. The lowest BCUT2D eigenvalue weighted by atomic mass is 9.82. The van der Waals surface area contributed by atoms with Crippen LogP contribution in [-0.4, -0.2) is 29.3 Å². The summed E-state index contributed by atoms with van der Waals surface area (Å²) in [6, 6.07) is 13.3. The molecule has 0 saturated heterocycles. The van der Waals surface area contributed by atoms with Crippen LogP contribution in [-0.2, 0) is 9.59 Å². The molecule has 2 amide bonds. The second-order valence-corrected chi connectivity index (χ2v) is 9.76. The zero-order valence-electron chi connectivity index (χ0n) is 19.6. The lowest BCUT2D eigenvalue weighted by molar-refractivity contribution is -0.137. The molecular weight excluding hydrogens is 535 g/mol. The Morgan fingerprint density at radius 3 is 2.59 bits per heavy atom. The van der Waals surface area contributed by atoms with E-state index in [4.69, 9.17) is 6.42 Å². The van der Waals surface area contributed by atoms with Gasteiger partial charge in [-0.15, -0.1) is 6.42 Å². The molecule has 34 heavy (non-hydrogen) atoms. The Kier molecular flexibility index (Phi) is 9.52. The van der Waals surface area contributed by atoms with Gasteiger partial charge in [0.25, 0.3) is 5.91 Å². The van der Waals surface area contributed by atoms with E-state index in [-0.39, 0.29) is 24.3 Å². The van der Waals surface area contributed by atoms with Crippen molar-refractivity contribution in [2.24, 2.45) is 5.92 Å². The molecule has 0 radical (unpaired) electrons. The summed E-state index contributed by atoms with van der Waals surface area (Å²) in [5, 5.41) is 5.24. The molecule has 1 saturated carbocycles. The van der Waals surface area contributed by atoms with Crippen LogP contribution in [0.3, 0.4) is 0 Å². The van der Waals surface area contributed by atoms with E-state index in [0.717, 1.165) is 46.5 Å². The molecule has 0 spiro atoms. The predicted molar refractivity (Wildman–Crippen MR) is 150 cm³/mol. The quantitative estimate of drug-likeness (QED) is 0.169. The molecule has 0 bridgehead atoms. The zero-order chi connectivity index (χ0) is 24.5. The molecule has 0 heterocycles. The molecule has 2 aromatic rings. The van der Waals surface area contributed by atoms with Gasteiger partial charge in [-0.2, -0.15) is 0 Å². The van der Waals surface area contributed by atoms with Crippen molar-refractivity contribution in [2.75, 3.05) is 11.9 Å². The van der Waals surface area contributed by atoms with Crippen molar-refractivity contribution in [3.8, 4) is 12.3 Å². The summed E-state index contributed by atoms with van der Waals surface area (Å²) >= 11 is 2.14. The van der Waals surface area contributed by atoms with Crippen molar-refractivity contribution < 1.29 is 9.59 Å². The number of carbonyl (C=O) groups is 2. The highest BCUT2D eigenvalue weighted by atomic mass is 127. The first-order valence-electron chi connectivity index (χ1n) is 11.7. The lowest BCUT2D eigenvalue weighted by Gasteiger charge is -2.37. The summed E-state index contributed by atoms with van der Waals surface area (Å²) in [4.78, 5) is 28.9. The van der Waals surface area contributed by atoms with Gasteiger partial charge in [0, 0.05) is 14.8 Å². The highest BCUT2D eigenvalue weighted by Crippen LogP contribution is 2.31. The van der Waals surface area contributed by atoms with Gasteiger partial charge < -0.3 is 10.2 Å². The molecule has 1 N–H and O–H groups in total. The van der Waals surface area contributed by atoms with Crippen LogP contribution >= 0.6 is 22.6 Å². The minimum Gasteiger partial charge on any atom is -0.324 e. The van der Waals surface area contributed by atoms with Crippen molar-refractivity contribution >= 4 is 50.9 Å². The average molecular weight is 566 g/mol. The SMILES string of the molecule is C#CCN(C(=O)/C(C)=C(I)/C=C\C=C)C(C(=O)Nc1ccc2ccccc2c1)C1CCCCC1. The minimum atomic E-state index is -0.627. The molecule has 0 aromatic heterocycles. The van der Waals surface area contributed by atoms with Crippen molar-refractivity contribution in [2.45, 2.75) is 45.1 Å². The average Bonchev–Trinajstić information content (AvgIpc) is 2.86. The molecule has 4 nitrogen and oxygen atoms in total. The smallest absolute Gasteiger partial charge is 0.252 e. The van der Waals surface area contributed by atoms with E-state index in [1.54, 1.807) is 24.0 Å². The predicted octanol–water partition coefficient (Wildman–Crippen LogP) is 6.64. The van der Waals surface area contributed by atoms with E-state index in [1.165, 1.54) is 0 Å². The number of hydrogen-bond donors (Lipinski definition) is 1. The maximum Gasteiger partial charge on any atom is 0.252 e. The van der Waals surface area contributed by atoms with Crippen molar-refractivity contribution in [3.63, 3.8) is 0 Å². The van der Waals surface area contributed by atoms with Crippen LogP contribution in [0.5, 0.6) is 0 Å². The number of amides is 2. The third-order valence-electron chi connectivity index (χ3n) is 6.30. The number of hydrogen-bond acceptors (Lipinski definition) is 2. The van der Waals surface area contributed by atoms with E-state index in [0.29, 0.717) is 11.3 Å². The molecule has 1 fully saturated rings. The van der Waals surface area contributed by atoms with Gasteiger partial charge in [-0.25, -0.2) is 0 Å². The number of nitrogens with one attached hydrogen (secondary N) is 1. The van der Waals surface area contributed by atoms with Crippen molar-refractivity contribution in [3.05, 3.63) is 76.4 Å². The summed E-state index contributed by atoms with van der Waals surface area (Å²) in [5.74, 6) is 2.29. The van der Waals surface area contributed by atoms with Crippen LogP contribution in [0.25, 0.3) is 10.8 Å². The van der Waals surface area contributed by atoms with Gasteiger partial charge in [-0.1, -0.05) is 74.2 Å². The van der Waals surface area contributed by atoms with E-state index in [1.807, 2.05) is 48.5 Å². The van der Waals surface area contributed by atoms with Gasteiger partial charge in [0.05, 0.1) is 6.54 Å². The Morgan fingerprint density at radius 1 is 1.21 bits per heavy atom. The van der Waals surface area contributed by atoms with E-state index in [9.17, 15) is 9.59 Å². The highest BCUT2D eigenvalue weighted by Gasteiger charge is 2.37. The molecular formula is C29H31IN2O2. The summed E-state index contributed by atoms with van der Waals surface area (Å²) in [7, 11) is 0. The molecule has 1 aliphatic rings. The monoisotopic (exact) mass is 566 g/mol. The fraction of sp³-hybridized carbons (Fsp3) is 0.310. The fourth-order valence-electron chi connectivity index (χ4n) is 4.53. The zero-order valence-corrected chi connectivity index (χ0v) is 21.8. The van der Waals surface area contributed by atoms with Crippen molar-refractivity contribution in [1.82, 2.24) is 4.90 Å². The van der Waals surface area contributed by atoms with Gasteiger partial charge in [0.1, 0.15) is 6.04 Å². The molecule has 2 aromatic carbocycles. The van der Waals surface area contributed by atoms with Crippen LogP contribution in [0.15, 0.2) is 76.4 Å². The number of allylic oxidation sites excluding steroid dienone is 4. The fourth-order valence-corrected chi connectivity index (χ4v) is 4.97. The number of benzene rings is 2. The van der Waals surface area contributed by atoms with Crippen molar-refractivity contribution in [1.29, 1.82) is 0 Å². The molecule has 176 valence electrons. The first-order chi connectivity index (χ1) is 16.5. The topological polar surface area (TPSA) is 49.4 Å². The second-order valence-electron chi connectivity index (χ2n) is 8.60. The molecule has 0 aliphatic heterocycles. The van der Waals surface area contributed by atoms with Crippen LogP contribution in [0.1, 0.15) is 39.0 Å². The van der Waals surface area contributed by atoms with Crippen LogP contribution < -0.4 is 5.32 Å². The molecule has 1 aliphatic carbocycles. The van der Waals surface area contributed by atoms with E-state index in [2.05, 4.69) is 40.4 Å². The molecule has 5 heteroatoms. The highest BCUT2D eigenvalue weighted by molar-refractivity contribution is 14.1. The third-order valence-corrected chi connectivity index (χ3v) is 7.47. The van der Waals surface area contributed by atoms with Crippen LogP contribution in [0.4, 0.5) is 5.69 Å². The normalized spacial score (nSPS) is 15.9. The van der Waals surface area contributed by atoms with Gasteiger partial charge in [-0.05, 0) is 77.3 Å². The largest absolute Gasteiger partial charge is 0.324 e. The van der Waals surface area contributed by atoms with Gasteiger partial charge in [0.2, 0.25) is 5.91 Å². The number of fused-ring (bicyclic) bond motifs is 1. The second kappa shape index (κ2) is 12.6. The maximum atomic E-state index is 13.7. The number of anilines is 1.